The highest BCUT2D eigenvalue weighted by Crippen LogP contribution is 2.22. The number of carbonyl (C=O) groups is 1. The molecule has 0 spiro atoms. The summed E-state index contributed by atoms with van der Waals surface area (Å²) >= 11 is 0. The fourth-order valence-electron chi connectivity index (χ4n) is 3.03. The number of nitrogens with one attached hydrogen (secondary N) is 2. The Morgan fingerprint density at radius 1 is 1.29 bits per heavy atom. The van der Waals surface area contributed by atoms with Crippen LogP contribution >= 0.6 is 0 Å². The van der Waals surface area contributed by atoms with Gasteiger partial charge in [-0.25, -0.2) is 9.97 Å². The first-order valence-corrected chi connectivity index (χ1v) is 7.38. The summed E-state index contributed by atoms with van der Waals surface area (Å²) in [6.07, 6.45) is 4.10. The fraction of sp³-hybridized carbons (Fsp3) is 0.643. The molecule has 1 aromatic heterocycles. The SMILES string of the molecule is CC1NNC(C)C1C(=O)N1CCC(Oc2ncccn2)C1. The Bertz CT molecular complexity index is 487. The van der Waals surface area contributed by atoms with Gasteiger partial charge >= 0.3 is 6.01 Å². The molecule has 2 aliphatic rings. The minimum Gasteiger partial charge on any atom is -0.458 e. The van der Waals surface area contributed by atoms with E-state index in [4.69, 9.17) is 4.74 Å². The normalized spacial score (nSPS) is 32.4. The van der Waals surface area contributed by atoms with E-state index in [2.05, 4.69) is 20.8 Å². The maximum Gasteiger partial charge on any atom is 0.316 e. The van der Waals surface area contributed by atoms with Crippen LogP contribution in [0.5, 0.6) is 6.01 Å². The van der Waals surface area contributed by atoms with Crippen molar-refractivity contribution in [3.8, 4) is 6.01 Å². The molecule has 2 saturated heterocycles. The molecule has 3 atom stereocenters. The van der Waals surface area contributed by atoms with Gasteiger partial charge in [-0.15, -0.1) is 0 Å². The van der Waals surface area contributed by atoms with Gasteiger partial charge < -0.3 is 9.64 Å². The van der Waals surface area contributed by atoms with Gasteiger partial charge in [0.15, 0.2) is 0 Å². The van der Waals surface area contributed by atoms with Crippen LogP contribution in [0, 0.1) is 5.92 Å². The molecule has 0 aliphatic carbocycles. The number of amides is 1. The minimum absolute atomic E-state index is 0.0238. The first-order chi connectivity index (χ1) is 10.1. The predicted octanol–water partition coefficient (Wildman–Crippen LogP) is -0.0427. The van der Waals surface area contributed by atoms with E-state index in [0.717, 1.165) is 13.0 Å². The Labute approximate surface area is 124 Å². The lowest BCUT2D eigenvalue weighted by molar-refractivity contribution is -0.135. The largest absolute Gasteiger partial charge is 0.458 e. The summed E-state index contributed by atoms with van der Waals surface area (Å²) in [4.78, 5) is 22.6. The zero-order chi connectivity index (χ0) is 14.8. The van der Waals surface area contributed by atoms with Crippen LogP contribution in [0.25, 0.3) is 0 Å². The molecule has 0 saturated carbocycles. The number of hydrogen-bond acceptors (Lipinski definition) is 6. The van der Waals surface area contributed by atoms with E-state index in [9.17, 15) is 4.79 Å². The van der Waals surface area contributed by atoms with Crippen molar-refractivity contribution in [3.63, 3.8) is 0 Å². The van der Waals surface area contributed by atoms with Crippen LogP contribution in [0.15, 0.2) is 18.5 Å². The van der Waals surface area contributed by atoms with Gasteiger partial charge in [-0.1, -0.05) is 0 Å². The number of carbonyl (C=O) groups excluding carboxylic acids is 1. The van der Waals surface area contributed by atoms with E-state index in [1.54, 1.807) is 18.5 Å². The smallest absolute Gasteiger partial charge is 0.316 e. The lowest BCUT2D eigenvalue weighted by Crippen LogP contribution is -2.42. The molecule has 3 heterocycles. The standard InChI is InChI=1S/C14H21N5O2/c1-9-12(10(2)18-17-9)13(20)19-7-4-11(8-19)21-14-15-5-3-6-16-14/h3,5-6,9-12,17-18H,4,7-8H2,1-2H3. The van der Waals surface area contributed by atoms with E-state index >= 15 is 0 Å². The Hall–Kier alpha value is -1.73. The van der Waals surface area contributed by atoms with Crippen molar-refractivity contribution >= 4 is 5.91 Å². The molecule has 7 nitrogen and oxygen atoms in total. The van der Waals surface area contributed by atoms with Gasteiger partial charge in [-0.2, -0.15) is 0 Å². The molecule has 2 fully saturated rings. The van der Waals surface area contributed by atoms with Crippen LogP contribution in [-0.2, 0) is 4.79 Å². The lowest BCUT2D eigenvalue weighted by atomic mass is 9.95. The summed E-state index contributed by atoms with van der Waals surface area (Å²) in [6.45, 7) is 5.39. The van der Waals surface area contributed by atoms with Gasteiger partial charge in [-0.3, -0.25) is 15.6 Å². The molecule has 2 N–H and O–H groups in total. The van der Waals surface area contributed by atoms with Gasteiger partial charge in [-0.05, 0) is 19.9 Å². The summed E-state index contributed by atoms with van der Waals surface area (Å²) in [7, 11) is 0. The fourth-order valence-corrected chi connectivity index (χ4v) is 3.03. The zero-order valence-corrected chi connectivity index (χ0v) is 12.3. The highest BCUT2D eigenvalue weighted by molar-refractivity contribution is 5.81. The molecule has 1 aromatic rings. The van der Waals surface area contributed by atoms with Crippen LogP contribution < -0.4 is 15.6 Å². The summed E-state index contributed by atoms with van der Waals surface area (Å²) in [5, 5.41) is 0. The third-order valence-corrected chi connectivity index (χ3v) is 4.17. The topological polar surface area (TPSA) is 79.4 Å². The molecule has 0 radical (unpaired) electrons. The summed E-state index contributed by atoms with van der Waals surface area (Å²) in [5.41, 5.74) is 6.25. The van der Waals surface area contributed by atoms with Gasteiger partial charge in [0.2, 0.25) is 5.91 Å². The van der Waals surface area contributed by atoms with Crippen LogP contribution in [0.1, 0.15) is 20.3 Å². The van der Waals surface area contributed by atoms with Gasteiger partial charge in [0.25, 0.3) is 0 Å². The Morgan fingerprint density at radius 3 is 2.62 bits per heavy atom. The summed E-state index contributed by atoms with van der Waals surface area (Å²) in [5.74, 6) is 0.157. The second kappa shape index (κ2) is 5.95. The van der Waals surface area contributed by atoms with E-state index in [1.165, 1.54) is 0 Å². The molecule has 0 bridgehead atoms. The average molecular weight is 291 g/mol. The molecule has 3 rings (SSSR count). The number of rotatable bonds is 3. The predicted molar refractivity (Wildman–Crippen MR) is 76.3 cm³/mol. The maximum atomic E-state index is 12.6. The molecule has 114 valence electrons. The summed E-state index contributed by atoms with van der Waals surface area (Å²) in [6, 6.07) is 2.41. The van der Waals surface area contributed by atoms with Gasteiger partial charge in [0.1, 0.15) is 6.10 Å². The number of hydrazine groups is 1. The molecule has 21 heavy (non-hydrogen) atoms. The van der Waals surface area contributed by atoms with E-state index in [1.807, 2.05) is 18.7 Å². The van der Waals surface area contributed by atoms with Crippen molar-refractivity contribution in [2.24, 2.45) is 5.92 Å². The third kappa shape index (κ3) is 2.98. The molecular weight excluding hydrogens is 270 g/mol. The van der Waals surface area contributed by atoms with Crippen LogP contribution in [0.3, 0.4) is 0 Å². The number of likely N-dealkylation sites (tertiary alicyclic amines) is 1. The number of ether oxygens (including phenoxy) is 1. The third-order valence-electron chi connectivity index (χ3n) is 4.17. The highest BCUT2D eigenvalue weighted by atomic mass is 16.5. The molecule has 0 aromatic carbocycles. The highest BCUT2D eigenvalue weighted by Gasteiger charge is 2.40. The maximum absolute atomic E-state index is 12.6. The van der Waals surface area contributed by atoms with E-state index < -0.39 is 0 Å². The molecular formula is C14H21N5O2. The lowest BCUT2D eigenvalue weighted by Gasteiger charge is -2.24. The summed E-state index contributed by atoms with van der Waals surface area (Å²) < 4.78 is 5.72. The molecule has 7 heteroatoms. The minimum atomic E-state index is -0.0308. The van der Waals surface area contributed by atoms with Gasteiger partial charge in [0.05, 0.1) is 12.5 Å². The van der Waals surface area contributed by atoms with Crippen molar-refractivity contribution < 1.29 is 9.53 Å². The second-order valence-corrected chi connectivity index (χ2v) is 5.74. The van der Waals surface area contributed by atoms with E-state index in [-0.39, 0.29) is 30.0 Å². The van der Waals surface area contributed by atoms with Gasteiger partial charge in [0, 0.05) is 37.4 Å². The van der Waals surface area contributed by atoms with Crippen molar-refractivity contribution in [1.82, 2.24) is 25.7 Å². The number of hydrogen-bond donors (Lipinski definition) is 2. The van der Waals surface area contributed by atoms with Crippen molar-refractivity contribution in [3.05, 3.63) is 18.5 Å². The van der Waals surface area contributed by atoms with Crippen LogP contribution in [0.2, 0.25) is 0 Å². The number of nitrogens with zero attached hydrogens (tertiary/aromatic N) is 3. The van der Waals surface area contributed by atoms with Crippen molar-refractivity contribution in [2.45, 2.75) is 38.5 Å². The Morgan fingerprint density at radius 2 is 1.95 bits per heavy atom. The second-order valence-electron chi connectivity index (χ2n) is 5.74. The Balaban J connectivity index is 1.58. The first kappa shape index (κ1) is 14.2. The molecule has 2 aliphatic heterocycles. The molecule has 1 amide bonds. The van der Waals surface area contributed by atoms with E-state index in [0.29, 0.717) is 12.6 Å². The first-order valence-electron chi connectivity index (χ1n) is 7.38. The monoisotopic (exact) mass is 291 g/mol. The number of aromatic nitrogens is 2. The quantitative estimate of drug-likeness (QED) is 0.813. The molecule has 3 unspecified atom stereocenters. The van der Waals surface area contributed by atoms with Crippen LogP contribution in [0.4, 0.5) is 0 Å². The van der Waals surface area contributed by atoms with Crippen molar-refractivity contribution in [2.75, 3.05) is 13.1 Å². The van der Waals surface area contributed by atoms with Crippen LogP contribution in [-0.4, -0.2) is 52.1 Å². The zero-order valence-electron chi connectivity index (χ0n) is 12.3. The Kier molecular flexibility index (Phi) is 4.03. The van der Waals surface area contributed by atoms with Crippen molar-refractivity contribution in [1.29, 1.82) is 0 Å². The average Bonchev–Trinajstić information content (AvgIpc) is 3.07.